The van der Waals surface area contributed by atoms with Gasteiger partial charge in [-0.1, -0.05) is 35.3 Å². The minimum absolute atomic E-state index is 0.161. The highest BCUT2D eigenvalue weighted by molar-refractivity contribution is 7.92. The van der Waals surface area contributed by atoms with Crippen LogP contribution in [0.5, 0.6) is 11.6 Å². The van der Waals surface area contributed by atoms with Crippen LogP contribution in [0.2, 0.25) is 10.0 Å². The van der Waals surface area contributed by atoms with Crippen molar-refractivity contribution in [1.29, 1.82) is 0 Å². The van der Waals surface area contributed by atoms with Crippen molar-refractivity contribution in [2.45, 2.75) is 17.7 Å². The van der Waals surface area contributed by atoms with E-state index in [-0.39, 0.29) is 18.0 Å². The Balaban J connectivity index is 1.48. The summed E-state index contributed by atoms with van der Waals surface area (Å²) in [5.74, 6) is -0.635. The molecule has 4 aromatic rings. The van der Waals surface area contributed by atoms with Crippen molar-refractivity contribution in [3.63, 3.8) is 0 Å². The highest BCUT2D eigenvalue weighted by Crippen LogP contribution is 2.36. The zero-order chi connectivity index (χ0) is 24.3. The maximum atomic E-state index is 15.1. The fourth-order valence-electron chi connectivity index (χ4n) is 3.41. The largest absolute Gasteiger partial charge is 0.490 e. The first kappa shape index (κ1) is 24.1. The molecule has 0 unspecified atom stereocenters. The van der Waals surface area contributed by atoms with Crippen molar-refractivity contribution in [2.24, 2.45) is 0 Å². The number of nitrogens with zero attached hydrogens (tertiary/aromatic N) is 1. The number of hydrogen-bond donors (Lipinski definition) is 2. The molecule has 0 amide bonds. The summed E-state index contributed by atoms with van der Waals surface area (Å²) >= 11 is 12.3. The molecule has 0 aliphatic rings. The number of rotatable bonds is 9. The third-order valence-corrected chi connectivity index (χ3v) is 7.02. The molecule has 0 atom stereocenters. The van der Waals surface area contributed by atoms with Gasteiger partial charge in [0.2, 0.25) is 5.88 Å². The van der Waals surface area contributed by atoms with Gasteiger partial charge in [-0.05, 0) is 43.2 Å². The predicted octanol–water partition coefficient (Wildman–Crippen LogP) is 5.83. The lowest BCUT2D eigenvalue weighted by Crippen LogP contribution is -2.15. The third-order valence-electron chi connectivity index (χ3n) is 5.02. The SMILES string of the molecule is COc1cccc(CCCOc2cccc(S(=O)(=O)Nc3ccc(Cl)c4c(Cl)c[nH]c34)c2F)n1. The van der Waals surface area contributed by atoms with Gasteiger partial charge in [0.05, 0.1) is 35.0 Å². The van der Waals surface area contributed by atoms with E-state index >= 15 is 4.39 Å². The number of pyridine rings is 1. The monoisotopic (exact) mass is 523 g/mol. The van der Waals surface area contributed by atoms with Crippen LogP contribution < -0.4 is 14.2 Å². The fraction of sp³-hybridized carbons (Fsp3) is 0.174. The van der Waals surface area contributed by atoms with E-state index in [2.05, 4.69) is 14.7 Å². The number of benzene rings is 2. The van der Waals surface area contributed by atoms with Gasteiger partial charge in [0.1, 0.15) is 4.90 Å². The van der Waals surface area contributed by atoms with Gasteiger partial charge in [-0.3, -0.25) is 4.72 Å². The topological polar surface area (TPSA) is 93.3 Å². The molecule has 2 N–H and O–H groups in total. The molecular weight excluding hydrogens is 504 g/mol. The summed E-state index contributed by atoms with van der Waals surface area (Å²) in [6, 6.07) is 12.4. The highest BCUT2D eigenvalue weighted by atomic mass is 35.5. The minimum Gasteiger partial charge on any atom is -0.490 e. The molecule has 11 heteroatoms. The van der Waals surface area contributed by atoms with Gasteiger partial charge in [-0.25, -0.2) is 17.8 Å². The summed E-state index contributed by atoms with van der Waals surface area (Å²) < 4.78 is 54.0. The average molecular weight is 524 g/mol. The number of aryl methyl sites for hydroxylation is 1. The summed E-state index contributed by atoms with van der Waals surface area (Å²) in [5.41, 5.74) is 1.38. The quantitative estimate of drug-likeness (QED) is 0.269. The van der Waals surface area contributed by atoms with Crippen molar-refractivity contribution in [3.05, 3.63) is 76.3 Å². The van der Waals surface area contributed by atoms with Gasteiger partial charge < -0.3 is 14.5 Å². The van der Waals surface area contributed by atoms with Crippen LogP contribution in [-0.2, 0) is 16.4 Å². The Morgan fingerprint density at radius 3 is 2.68 bits per heavy atom. The maximum absolute atomic E-state index is 15.1. The second kappa shape index (κ2) is 10.1. The number of aromatic nitrogens is 2. The Morgan fingerprint density at radius 1 is 1.09 bits per heavy atom. The number of nitrogens with one attached hydrogen (secondary N) is 2. The molecule has 0 bridgehead atoms. The van der Waals surface area contributed by atoms with Gasteiger partial charge in [0.25, 0.3) is 10.0 Å². The first-order chi connectivity index (χ1) is 16.3. The van der Waals surface area contributed by atoms with Crippen LogP contribution in [0.1, 0.15) is 12.1 Å². The Bertz CT molecular complexity index is 1440. The molecule has 2 aromatic heterocycles. The molecule has 178 valence electrons. The smallest absolute Gasteiger partial charge is 0.265 e. The second-order valence-electron chi connectivity index (χ2n) is 7.28. The lowest BCUT2D eigenvalue weighted by Gasteiger charge is -2.13. The lowest BCUT2D eigenvalue weighted by molar-refractivity contribution is 0.292. The number of halogens is 3. The molecular formula is C23H20Cl2FN3O4S. The summed E-state index contributed by atoms with van der Waals surface area (Å²) in [7, 11) is -2.74. The van der Waals surface area contributed by atoms with Gasteiger partial charge in [-0.2, -0.15) is 0 Å². The van der Waals surface area contributed by atoms with Crippen LogP contribution in [0.3, 0.4) is 0 Å². The summed E-state index contributed by atoms with van der Waals surface area (Å²) in [4.78, 5) is 6.65. The minimum atomic E-state index is -4.28. The summed E-state index contributed by atoms with van der Waals surface area (Å²) in [5, 5.41) is 1.16. The molecule has 0 aliphatic carbocycles. The van der Waals surface area contributed by atoms with Gasteiger partial charge >= 0.3 is 0 Å². The third kappa shape index (κ3) is 5.06. The van der Waals surface area contributed by atoms with Crippen LogP contribution >= 0.6 is 23.2 Å². The number of ether oxygens (including phenoxy) is 2. The first-order valence-corrected chi connectivity index (χ1v) is 12.4. The maximum Gasteiger partial charge on any atom is 0.265 e. The fourth-order valence-corrected chi connectivity index (χ4v) is 5.13. The number of aromatic amines is 1. The molecule has 0 spiro atoms. The number of methoxy groups -OCH3 is 1. The lowest BCUT2D eigenvalue weighted by atomic mass is 10.2. The van der Waals surface area contributed by atoms with Crippen LogP contribution in [0, 0.1) is 5.82 Å². The first-order valence-electron chi connectivity index (χ1n) is 10.2. The Kier molecular flexibility index (Phi) is 7.16. The molecule has 0 saturated carbocycles. The van der Waals surface area contributed by atoms with Crippen molar-refractivity contribution in [3.8, 4) is 11.6 Å². The van der Waals surface area contributed by atoms with Crippen molar-refractivity contribution < 1.29 is 22.3 Å². The normalized spacial score (nSPS) is 11.5. The van der Waals surface area contributed by atoms with E-state index in [0.717, 1.165) is 5.69 Å². The standard InChI is InChI=1S/C23H20Cl2FN3O4S/c1-32-20-9-2-5-14(28-20)6-4-12-33-18-7-3-8-19(22(18)26)34(30,31)29-17-11-10-15(24)21-16(25)13-27-23(17)21/h2-3,5,7-11,13,27,29H,4,6,12H2,1H3. The molecule has 2 aromatic carbocycles. The number of H-pyrrole nitrogens is 1. The van der Waals surface area contributed by atoms with E-state index in [1.807, 2.05) is 12.1 Å². The Morgan fingerprint density at radius 2 is 1.88 bits per heavy atom. The Labute approximate surface area is 205 Å². The van der Waals surface area contributed by atoms with Crippen LogP contribution in [0.25, 0.3) is 10.9 Å². The van der Waals surface area contributed by atoms with Gasteiger partial charge in [-0.15, -0.1) is 0 Å². The van der Waals surface area contributed by atoms with Crippen molar-refractivity contribution in [2.75, 3.05) is 18.4 Å². The van der Waals surface area contributed by atoms with E-state index in [1.165, 1.54) is 43.6 Å². The summed E-state index contributed by atoms with van der Waals surface area (Å²) in [6.45, 7) is 0.172. The van der Waals surface area contributed by atoms with Crippen molar-refractivity contribution >= 4 is 49.8 Å². The zero-order valence-electron chi connectivity index (χ0n) is 17.9. The molecule has 0 saturated heterocycles. The van der Waals surface area contributed by atoms with E-state index < -0.39 is 20.7 Å². The van der Waals surface area contributed by atoms with Crippen LogP contribution in [-0.4, -0.2) is 32.1 Å². The number of sulfonamides is 1. The molecule has 7 nitrogen and oxygen atoms in total. The van der Waals surface area contributed by atoms with Crippen LogP contribution in [0.4, 0.5) is 10.1 Å². The van der Waals surface area contributed by atoms with E-state index in [9.17, 15) is 8.42 Å². The van der Waals surface area contributed by atoms with Gasteiger partial charge in [0.15, 0.2) is 11.6 Å². The zero-order valence-corrected chi connectivity index (χ0v) is 20.3. The average Bonchev–Trinajstić information content (AvgIpc) is 3.22. The molecule has 4 rings (SSSR count). The number of hydrogen-bond acceptors (Lipinski definition) is 5. The van der Waals surface area contributed by atoms with Gasteiger partial charge in [0, 0.05) is 23.3 Å². The van der Waals surface area contributed by atoms with Crippen molar-refractivity contribution in [1.82, 2.24) is 9.97 Å². The molecule has 0 fully saturated rings. The number of anilines is 1. The van der Waals surface area contributed by atoms with E-state index in [1.54, 1.807) is 6.07 Å². The van der Waals surface area contributed by atoms with E-state index in [0.29, 0.717) is 39.7 Å². The van der Waals surface area contributed by atoms with E-state index in [4.69, 9.17) is 32.7 Å². The molecule has 2 heterocycles. The molecule has 34 heavy (non-hydrogen) atoms. The summed E-state index contributed by atoms with van der Waals surface area (Å²) in [6.07, 6.45) is 2.63. The van der Waals surface area contributed by atoms with Crippen LogP contribution in [0.15, 0.2) is 59.6 Å². The predicted molar refractivity (Wildman–Crippen MR) is 130 cm³/mol. The number of fused-ring (bicyclic) bond motifs is 1. The highest BCUT2D eigenvalue weighted by Gasteiger charge is 2.24. The molecule has 0 radical (unpaired) electrons. The molecule has 0 aliphatic heterocycles. The Hall–Kier alpha value is -3.01. The second-order valence-corrected chi connectivity index (χ2v) is 9.74.